The molecule has 1 heterocycles. The van der Waals surface area contributed by atoms with Crippen LogP contribution in [0.5, 0.6) is 0 Å². The van der Waals surface area contributed by atoms with E-state index >= 15 is 0 Å². The zero-order chi connectivity index (χ0) is 24.3. The molecule has 3 saturated carbocycles. The number of benzene rings is 2. The summed E-state index contributed by atoms with van der Waals surface area (Å²) in [6, 6.07) is 16.1. The van der Waals surface area contributed by atoms with Crippen LogP contribution in [0.15, 0.2) is 60.7 Å². The van der Waals surface area contributed by atoms with Crippen molar-refractivity contribution >= 4 is 17.9 Å². The van der Waals surface area contributed by atoms with E-state index in [1.165, 1.54) is 0 Å². The van der Waals surface area contributed by atoms with E-state index in [0.29, 0.717) is 0 Å². The Bertz CT molecular complexity index is 1290. The van der Waals surface area contributed by atoms with E-state index < -0.39 is 41.1 Å². The number of carbonyl (C=O) groups excluding carboxylic acids is 3. The summed E-state index contributed by atoms with van der Waals surface area (Å²) in [6.07, 6.45) is 0.599. The van der Waals surface area contributed by atoms with Crippen LogP contribution < -0.4 is 0 Å². The van der Waals surface area contributed by atoms with Crippen LogP contribution in [0.3, 0.4) is 0 Å². The largest absolute Gasteiger partial charge is 0.458 e. The van der Waals surface area contributed by atoms with Crippen molar-refractivity contribution in [3.8, 4) is 0 Å². The van der Waals surface area contributed by atoms with Gasteiger partial charge in [0.15, 0.2) is 5.60 Å². The van der Waals surface area contributed by atoms with Gasteiger partial charge >= 0.3 is 17.9 Å². The Labute approximate surface area is 203 Å². The lowest BCUT2D eigenvalue weighted by Gasteiger charge is -2.43. The second-order valence-electron chi connectivity index (χ2n) is 10.8. The highest BCUT2D eigenvalue weighted by Gasteiger charge is 2.99. The Morgan fingerprint density at radius 1 is 1.00 bits per heavy atom. The van der Waals surface area contributed by atoms with E-state index in [0.717, 1.165) is 35.1 Å². The molecule has 0 amide bonds. The van der Waals surface area contributed by atoms with E-state index in [9.17, 15) is 14.4 Å². The number of hydrogen-bond acceptors (Lipinski definition) is 6. The van der Waals surface area contributed by atoms with Crippen molar-refractivity contribution in [3.05, 3.63) is 82.9 Å². The highest BCUT2D eigenvalue weighted by atomic mass is 16.6. The average Bonchev–Trinajstić information content (AvgIpc) is 3.27. The molecule has 0 radical (unpaired) electrons. The highest BCUT2D eigenvalue weighted by molar-refractivity contribution is 5.97. The Morgan fingerprint density at radius 3 is 2.17 bits per heavy atom. The van der Waals surface area contributed by atoms with E-state index in [2.05, 4.69) is 18.7 Å². The van der Waals surface area contributed by atoms with E-state index in [1.54, 1.807) is 6.92 Å². The smallest absolute Gasteiger partial charge is 0.333 e. The maximum Gasteiger partial charge on any atom is 0.333 e. The van der Waals surface area contributed by atoms with Gasteiger partial charge in [0.25, 0.3) is 0 Å². The van der Waals surface area contributed by atoms with Crippen LogP contribution in [0, 0.1) is 29.1 Å². The third-order valence-electron chi connectivity index (χ3n) is 9.23. The Hall–Kier alpha value is -3.41. The molecule has 5 aliphatic rings. The van der Waals surface area contributed by atoms with Gasteiger partial charge in [0, 0.05) is 28.5 Å². The first-order valence-corrected chi connectivity index (χ1v) is 12.3. The van der Waals surface area contributed by atoms with Crippen LogP contribution in [0.1, 0.15) is 36.1 Å². The second kappa shape index (κ2) is 6.62. The fraction of sp³-hybridized carbons (Fsp3) is 0.414. The quantitative estimate of drug-likeness (QED) is 0.387. The molecule has 4 aliphatic carbocycles. The standard InChI is InChI=1S/C29H26O6/c1-14(2)25(30)33-23-19-20-22-24(23)34-27(32)29(20,22)21(19)26(31)35-28(3)17-10-6-4-8-15(17)12-13-16-9-5-7-11-18(16)28/h4-11,19-24H,1,12-13H2,2-3H3. The van der Waals surface area contributed by atoms with Gasteiger partial charge in [-0.3, -0.25) is 9.59 Å². The van der Waals surface area contributed by atoms with Gasteiger partial charge in [-0.15, -0.1) is 0 Å². The summed E-state index contributed by atoms with van der Waals surface area (Å²) in [6.45, 7) is 7.18. The summed E-state index contributed by atoms with van der Waals surface area (Å²) in [5.41, 5.74) is 2.69. The lowest BCUT2D eigenvalue weighted by atomic mass is 9.61. The number of carbonyl (C=O) groups is 3. The zero-order valence-corrected chi connectivity index (χ0v) is 19.7. The van der Waals surface area contributed by atoms with E-state index in [4.69, 9.17) is 14.2 Å². The number of aryl methyl sites for hydroxylation is 2. The molecule has 7 atom stereocenters. The van der Waals surface area contributed by atoms with Crippen LogP contribution >= 0.6 is 0 Å². The summed E-state index contributed by atoms with van der Waals surface area (Å²) >= 11 is 0. The molecule has 6 nitrogen and oxygen atoms in total. The molecule has 4 fully saturated rings. The first-order chi connectivity index (χ1) is 16.8. The first kappa shape index (κ1) is 20.9. The maximum absolute atomic E-state index is 14.0. The van der Waals surface area contributed by atoms with Crippen LogP contribution in [-0.2, 0) is 47.0 Å². The minimum atomic E-state index is -0.998. The molecule has 0 N–H and O–H groups in total. The van der Waals surface area contributed by atoms with Gasteiger partial charge in [-0.2, -0.15) is 0 Å². The topological polar surface area (TPSA) is 78.9 Å². The molecular formula is C29H26O6. The van der Waals surface area contributed by atoms with E-state index in [1.807, 2.05) is 43.3 Å². The van der Waals surface area contributed by atoms with Crippen molar-refractivity contribution in [1.29, 1.82) is 0 Å². The molecule has 178 valence electrons. The van der Waals surface area contributed by atoms with Crippen molar-refractivity contribution in [1.82, 2.24) is 0 Å². The molecule has 0 aromatic heterocycles. The Morgan fingerprint density at radius 2 is 1.60 bits per heavy atom. The molecule has 1 saturated heterocycles. The molecule has 35 heavy (non-hydrogen) atoms. The molecule has 1 spiro atoms. The SMILES string of the molecule is C=C(C)C(=O)OC1C2OC(=O)C34C(C(=O)OC5(C)c6ccccc6CCc6ccccc65)C1C3C24. The predicted molar refractivity (Wildman–Crippen MR) is 124 cm³/mol. The predicted octanol–water partition coefficient (Wildman–Crippen LogP) is 3.50. The van der Waals surface area contributed by atoms with Gasteiger partial charge in [0.2, 0.25) is 0 Å². The van der Waals surface area contributed by atoms with E-state index in [-0.39, 0.29) is 29.3 Å². The fourth-order valence-corrected chi connectivity index (χ4v) is 7.82. The van der Waals surface area contributed by atoms with Crippen molar-refractivity contribution in [2.75, 3.05) is 0 Å². The number of ether oxygens (including phenoxy) is 3. The molecule has 0 bridgehead atoms. The average molecular weight is 471 g/mol. The van der Waals surface area contributed by atoms with Crippen molar-refractivity contribution in [2.45, 2.75) is 44.5 Å². The lowest BCUT2D eigenvalue weighted by molar-refractivity contribution is -0.183. The van der Waals surface area contributed by atoms with Crippen LogP contribution in [-0.4, -0.2) is 30.1 Å². The van der Waals surface area contributed by atoms with Gasteiger partial charge in [-0.05, 0) is 43.7 Å². The zero-order valence-electron chi connectivity index (χ0n) is 19.7. The maximum atomic E-state index is 14.0. The van der Waals surface area contributed by atoms with Crippen molar-refractivity contribution in [3.63, 3.8) is 0 Å². The molecule has 7 rings (SSSR count). The van der Waals surface area contributed by atoms with Gasteiger partial charge in [0.05, 0.1) is 11.3 Å². The Kier molecular flexibility index (Phi) is 3.96. The minimum Gasteiger partial charge on any atom is -0.458 e. The highest BCUT2D eigenvalue weighted by Crippen LogP contribution is 2.88. The summed E-state index contributed by atoms with van der Waals surface area (Å²) < 4.78 is 17.8. The van der Waals surface area contributed by atoms with Crippen molar-refractivity contribution in [2.24, 2.45) is 29.1 Å². The normalized spacial score (nSPS) is 35.9. The van der Waals surface area contributed by atoms with Crippen molar-refractivity contribution < 1.29 is 28.6 Å². The third kappa shape index (κ3) is 2.38. The number of hydrogen-bond donors (Lipinski definition) is 0. The molecular weight excluding hydrogens is 444 g/mol. The van der Waals surface area contributed by atoms with Gasteiger partial charge in [-0.1, -0.05) is 55.1 Å². The van der Waals surface area contributed by atoms with Crippen LogP contribution in [0.25, 0.3) is 0 Å². The number of esters is 3. The third-order valence-corrected chi connectivity index (χ3v) is 9.23. The second-order valence-corrected chi connectivity index (χ2v) is 10.8. The molecule has 7 unspecified atom stereocenters. The monoisotopic (exact) mass is 470 g/mol. The molecule has 2 aromatic carbocycles. The number of rotatable bonds is 4. The lowest BCUT2D eigenvalue weighted by Crippen LogP contribution is -2.55. The summed E-state index contributed by atoms with van der Waals surface area (Å²) in [7, 11) is 0. The van der Waals surface area contributed by atoms with Gasteiger partial charge in [-0.25, -0.2) is 4.79 Å². The summed E-state index contributed by atoms with van der Waals surface area (Å²) in [5, 5.41) is 0. The van der Waals surface area contributed by atoms with Crippen LogP contribution in [0.4, 0.5) is 0 Å². The molecule has 1 aliphatic heterocycles. The minimum absolute atomic E-state index is 0.0238. The fourth-order valence-electron chi connectivity index (χ4n) is 7.82. The Balaban J connectivity index is 1.26. The van der Waals surface area contributed by atoms with Crippen LogP contribution in [0.2, 0.25) is 0 Å². The molecule has 2 aromatic rings. The van der Waals surface area contributed by atoms with Gasteiger partial charge in [0.1, 0.15) is 12.2 Å². The number of fused-ring (bicyclic) bond motifs is 2. The summed E-state index contributed by atoms with van der Waals surface area (Å²) in [5.74, 6) is -2.30. The van der Waals surface area contributed by atoms with Gasteiger partial charge < -0.3 is 14.2 Å². The summed E-state index contributed by atoms with van der Waals surface area (Å²) in [4.78, 5) is 39.2. The molecule has 6 heteroatoms. The first-order valence-electron chi connectivity index (χ1n) is 12.3.